The van der Waals surface area contributed by atoms with Crippen molar-refractivity contribution in [2.45, 2.75) is 6.42 Å². The Hall–Kier alpha value is -1.44. The Labute approximate surface area is 121 Å². The van der Waals surface area contributed by atoms with Gasteiger partial charge in [0.15, 0.2) is 17.1 Å². The smallest absolute Gasteiger partial charge is 0.196 e. The molecular formula is C13H18N4O2S. The van der Waals surface area contributed by atoms with E-state index in [2.05, 4.69) is 14.8 Å². The van der Waals surface area contributed by atoms with Gasteiger partial charge in [-0.2, -0.15) is 0 Å². The fourth-order valence-corrected chi connectivity index (χ4v) is 3.40. The number of aldehydes is 1. The average Bonchev–Trinajstić information content (AvgIpc) is 2.94. The van der Waals surface area contributed by atoms with Gasteiger partial charge < -0.3 is 10.0 Å². The van der Waals surface area contributed by atoms with Crippen LogP contribution in [0.15, 0.2) is 11.6 Å². The molecule has 0 radical (unpaired) electrons. The van der Waals surface area contributed by atoms with Crippen LogP contribution < -0.4 is 4.90 Å². The van der Waals surface area contributed by atoms with E-state index < -0.39 is 0 Å². The Kier molecular flexibility index (Phi) is 4.00. The molecule has 1 aliphatic heterocycles. The third kappa shape index (κ3) is 2.44. The Morgan fingerprint density at radius 1 is 1.35 bits per heavy atom. The number of rotatable bonds is 4. The molecule has 1 fully saturated rings. The summed E-state index contributed by atoms with van der Waals surface area (Å²) in [5, 5.41) is 11.0. The third-order valence-electron chi connectivity index (χ3n) is 3.70. The molecule has 0 aliphatic carbocycles. The van der Waals surface area contributed by atoms with Gasteiger partial charge in [0, 0.05) is 37.8 Å². The van der Waals surface area contributed by atoms with Crippen molar-refractivity contribution in [3.8, 4) is 0 Å². The van der Waals surface area contributed by atoms with Gasteiger partial charge in [-0.15, -0.1) is 11.3 Å². The van der Waals surface area contributed by atoms with Gasteiger partial charge >= 0.3 is 0 Å². The Balaban J connectivity index is 1.83. The molecule has 0 atom stereocenters. The molecule has 6 nitrogen and oxygen atoms in total. The summed E-state index contributed by atoms with van der Waals surface area (Å²) in [4.78, 5) is 21.2. The average molecular weight is 294 g/mol. The Morgan fingerprint density at radius 3 is 3.05 bits per heavy atom. The van der Waals surface area contributed by atoms with E-state index in [0.717, 1.165) is 49.7 Å². The van der Waals surface area contributed by atoms with E-state index in [-0.39, 0.29) is 6.61 Å². The molecule has 0 spiro atoms. The molecule has 3 heterocycles. The van der Waals surface area contributed by atoms with Crippen LogP contribution in [0.25, 0.3) is 4.96 Å². The number of anilines is 1. The van der Waals surface area contributed by atoms with Crippen LogP contribution in [0.1, 0.15) is 16.9 Å². The number of carbonyl (C=O) groups excluding carboxylic acids is 1. The van der Waals surface area contributed by atoms with E-state index in [0.29, 0.717) is 12.2 Å². The first-order chi connectivity index (χ1) is 9.83. The quantitative estimate of drug-likeness (QED) is 0.842. The van der Waals surface area contributed by atoms with Crippen LogP contribution in [-0.4, -0.2) is 65.0 Å². The van der Waals surface area contributed by atoms with Crippen molar-refractivity contribution in [1.29, 1.82) is 0 Å². The van der Waals surface area contributed by atoms with E-state index >= 15 is 0 Å². The van der Waals surface area contributed by atoms with E-state index in [1.54, 1.807) is 0 Å². The Bertz CT molecular complexity index is 594. The van der Waals surface area contributed by atoms with Gasteiger partial charge in [0.25, 0.3) is 0 Å². The molecule has 1 N–H and O–H groups in total. The minimum atomic E-state index is 0.194. The maximum atomic E-state index is 11.4. The van der Waals surface area contributed by atoms with Crippen molar-refractivity contribution < 1.29 is 9.90 Å². The summed E-state index contributed by atoms with van der Waals surface area (Å²) in [7, 11) is 0. The van der Waals surface area contributed by atoms with Crippen LogP contribution in [0.5, 0.6) is 0 Å². The molecule has 2 aromatic heterocycles. The zero-order valence-electron chi connectivity index (χ0n) is 11.2. The number of aliphatic hydroxyl groups is 1. The van der Waals surface area contributed by atoms with Crippen molar-refractivity contribution in [3.05, 3.63) is 17.3 Å². The highest BCUT2D eigenvalue weighted by Crippen LogP contribution is 2.24. The summed E-state index contributed by atoms with van der Waals surface area (Å²) < 4.78 is 1.85. The summed E-state index contributed by atoms with van der Waals surface area (Å²) in [6.07, 6.45) is 3.79. The van der Waals surface area contributed by atoms with Gasteiger partial charge in [-0.05, 0) is 13.0 Å². The molecular weight excluding hydrogens is 276 g/mol. The maximum Gasteiger partial charge on any atom is 0.196 e. The number of aromatic nitrogens is 2. The molecule has 108 valence electrons. The molecule has 3 rings (SSSR count). The van der Waals surface area contributed by atoms with Crippen molar-refractivity contribution in [2.24, 2.45) is 0 Å². The number of aliphatic hydroxyl groups excluding tert-OH is 1. The van der Waals surface area contributed by atoms with E-state index in [9.17, 15) is 4.79 Å². The van der Waals surface area contributed by atoms with Crippen LogP contribution in [0.2, 0.25) is 0 Å². The summed E-state index contributed by atoms with van der Waals surface area (Å²) in [5.41, 5.74) is 0.636. The summed E-state index contributed by atoms with van der Waals surface area (Å²) in [5.74, 6) is 0.790. The second-order valence-electron chi connectivity index (χ2n) is 4.90. The molecule has 1 aliphatic rings. The maximum absolute atomic E-state index is 11.4. The number of hydrogen-bond acceptors (Lipinski definition) is 6. The predicted octanol–water partition coefficient (Wildman–Crippen LogP) is 0.713. The number of fused-ring (bicyclic) bond motifs is 1. The zero-order chi connectivity index (χ0) is 13.9. The fraction of sp³-hybridized carbons (Fsp3) is 0.538. The highest BCUT2D eigenvalue weighted by Gasteiger charge is 2.21. The standard InChI is InChI=1S/C13H18N4O2S/c18-8-6-15-2-1-3-16(5-4-15)12-11(10-19)17-7-9-20-13(17)14-12/h7,9-10,18H,1-6,8H2. The lowest BCUT2D eigenvalue weighted by Crippen LogP contribution is -2.32. The first-order valence-corrected chi connectivity index (χ1v) is 7.70. The lowest BCUT2D eigenvalue weighted by atomic mass is 10.3. The second-order valence-corrected chi connectivity index (χ2v) is 5.77. The molecule has 0 bridgehead atoms. The monoisotopic (exact) mass is 294 g/mol. The molecule has 0 amide bonds. The molecule has 20 heavy (non-hydrogen) atoms. The van der Waals surface area contributed by atoms with Crippen LogP contribution in [0.4, 0.5) is 5.82 Å². The third-order valence-corrected chi connectivity index (χ3v) is 4.45. The lowest BCUT2D eigenvalue weighted by molar-refractivity contribution is 0.111. The molecule has 0 unspecified atom stereocenters. The number of nitrogens with zero attached hydrogens (tertiary/aromatic N) is 4. The summed E-state index contributed by atoms with van der Waals surface area (Å²) >= 11 is 1.54. The summed E-state index contributed by atoms with van der Waals surface area (Å²) in [6, 6.07) is 0. The van der Waals surface area contributed by atoms with E-state index in [1.165, 1.54) is 11.3 Å². The normalized spacial score (nSPS) is 17.6. The SMILES string of the molecule is O=Cc1c(N2CCCN(CCO)CC2)nc2sccn12. The first kappa shape index (κ1) is 13.5. The van der Waals surface area contributed by atoms with Gasteiger partial charge in [0.1, 0.15) is 5.69 Å². The van der Waals surface area contributed by atoms with Crippen LogP contribution >= 0.6 is 11.3 Å². The van der Waals surface area contributed by atoms with Crippen molar-refractivity contribution >= 4 is 28.4 Å². The van der Waals surface area contributed by atoms with Crippen molar-refractivity contribution in [2.75, 3.05) is 44.2 Å². The van der Waals surface area contributed by atoms with Gasteiger partial charge in [0.05, 0.1) is 6.61 Å². The Morgan fingerprint density at radius 2 is 2.25 bits per heavy atom. The van der Waals surface area contributed by atoms with Crippen molar-refractivity contribution in [3.63, 3.8) is 0 Å². The predicted molar refractivity (Wildman–Crippen MR) is 78.8 cm³/mol. The highest BCUT2D eigenvalue weighted by atomic mass is 32.1. The topological polar surface area (TPSA) is 61.1 Å². The number of thiazole rings is 1. The van der Waals surface area contributed by atoms with Crippen LogP contribution in [0, 0.1) is 0 Å². The molecule has 2 aromatic rings. The number of hydrogen-bond donors (Lipinski definition) is 1. The van der Waals surface area contributed by atoms with Gasteiger partial charge in [-0.1, -0.05) is 0 Å². The first-order valence-electron chi connectivity index (χ1n) is 6.82. The van der Waals surface area contributed by atoms with Crippen LogP contribution in [-0.2, 0) is 0 Å². The minimum Gasteiger partial charge on any atom is -0.395 e. The van der Waals surface area contributed by atoms with Crippen LogP contribution in [0.3, 0.4) is 0 Å². The molecule has 0 saturated carbocycles. The van der Waals surface area contributed by atoms with Crippen molar-refractivity contribution in [1.82, 2.24) is 14.3 Å². The lowest BCUT2D eigenvalue weighted by Gasteiger charge is -2.21. The highest BCUT2D eigenvalue weighted by molar-refractivity contribution is 7.15. The molecule has 1 saturated heterocycles. The van der Waals surface area contributed by atoms with E-state index in [4.69, 9.17) is 5.11 Å². The number of β-amino-alcohol motifs (C(OH)–C–C–N with tert-alkyl or cyclic N) is 1. The van der Waals surface area contributed by atoms with Gasteiger partial charge in [-0.3, -0.25) is 14.1 Å². The fourth-order valence-electron chi connectivity index (χ4n) is 2.68. The van der Waals surface area contributed by atoms with Gasteiger partial charge in [0.2, 0.25) is 0 Å². The number of imidazole rings is 1. The minimum absolute atomic E-state index is 0.194. The molecule has 7 heteroatoms. The van der Waals surface area contributed by atoms with E-state index in [1.807, 2.05) is 16.0 Å². The summed E-state index contributed by atoms with van der Waals surface area (Å²) in [6.45, 7) is 4.52. The number of carbonyl (C=O) groups is 1. The largest absolute Gasteiger partial charge is 0.395 e. The zero-order valence-corrected chi connectivity index (χ0v) is 12.1. The second kappa shape index (κ2) is 5.90. The molecule has 0 aromatic carbocycles. The van der Waals surface area contributed by atoms with Gasteiger partial charge in [-0.25, -0.2) is 4.98 Å².